The molecule has 0 fully saturated rings. The molecule has 1 rings (SSSR count). The zero-order valence-electron chi connectivity index (χ0n) is 11.7. The standard InChI is InChI=1S/C14H18ClN3O3/c1-21-5-4-17-9-12(7-14(19)20)18-11-3-2-10(8-16)13(15)6-11/h2-3,6,12,17-18H,4-5,7,9H2,1H3,(H,19,20)/t12-/m0/s1. The number of carbonyl (C=O) groups is 1. The number of aliphatic carboxylic acids is 1. The zero-order chi connectivity index (χ0) is 15.7. The Hall–Kier alpha value is -1.81. The number of methoxy groups -OCH3 is 1. The first-order chi connectivity index (χ1) is 10.1. The number of ether oxygens (including phenoxy) is 1. The highest BCUT2D eigenvalue weighted by atomic mass is 35.5. The lowest BCUT2D eigenvalue weighted by Crippen LogP contribution is -2.36. The number of carboxylic acids is 1. The van der Waals surface area contributed by atoms with Crippen molar-refractivity contribution in [3.8, 4) is 6.07 Å². The fourth-order valence-corrected chi connectivity index (χ4v) is 1.99. The van der Waals surface area contributed by atoms with Crippen LogP contribution in [0.1, 0.15) is 12.0 Å². The summed E-state index contributed by atoms with van der Waals surface area (Å²) in [5, 5.41) is 24.3. The van der Waals surface area contributed by atoms with Crippen molar-refractivity contribution in [2.45, 2.75) is 12.5 Å². The van der Waals surface area contributed by atoms with E-state index in [0.717, 1.165) is 0 Å². The molecule has 0 aliphatic rings. The van der Waals surface area contributed by atoms with Gasteiger partial charge in [0.15, 0.2) is 0 Å². The number of hydrogen-bond acceptors (Lipinski definition) is 5. The number of hydrogen-bond donors (Lipinski definition) is 3. The largest absolute Gasteiger partial charge is 0.481 e. The fourth-order valence-electron chi connectivity index (χ4n) is 1.77. The van der Waals surface area contributed by atoms with Crippen molar-refractivity contribution in [1.29, 1.82) is 5.26 Å². The second-order valence-electron chi connectivity index (χ2n) is 4.44. The SMILES string of the molecule is COCCNC[C@H](CC(=O)O)Nc1ccc(C#N)c(Cl)c1. The first-order valence-corrected chi connectivity index (χ1v) is 6.82. The second-order valence-corrected chi connectivity index (χ2v) is 4.85. The van der Waals surface area contributed by atoms with Crippen molar-refractivity contribution in [3.05, 3.63) is 28.8 Å². The summed E-state index contributed by atoms with van der Waals surface area (Å²) in [5.74, 6) is -0.888. The summed E-state index contributed by atoms with van der Waals surface area (Å²) in [5.41, 5.74) is 1.06. The minimum Gasteiger partial charge on any atom is -0.481 e. The molecular weight excluding hydrogens is 294 g/mol. The molecule has 0 radical (unpaired) electrons. The minimum absolute atomic E-state index is 0.0302. The topological polar surface area (TPSA) is 94.4 Å². The number of rotatable bonds is 9. The molecule has 0 unspecified atom stereocenters. The van der Waals surface area contributed by atoms with Gasteiger partial charge in [0.1, 0.15) is 6.07 Å². The lowest BCUT2D eigenvalue weighted by atomic mass is 10.1. The third-order valence-corrected chi connectivity index (χ3v) is 3.07. The third kappa shape index (κ3) is 6.45. The van der Waals surface area contributed by atoms with E-state index in [1.54, 1.807) is 25.3 Å². The summed E-state index contributed by atoms with van der Waals surface area (Å²) in [4.78, 5) is 10.9. The number of nitrogens with zero attached hydrogens (tertiary/aromatic N) is 1. The van der Waals surface area contributed by atoms with Gasteiger partial charge in [-0.1, -0.05) is 11.6 Å². The summed E-state index contributed by atoms with van der Waals surface area (Å²) in [6.45, 7) is 1.68. The highest BCUT2D eigenvalue weighted by molar-refractivity contribution is 6.32. The molecule has 0 aliphatic heterocycles. The van der Waals surface area contributed by atoms with Crippen LogP contribution in [0.4, 0.5) is 5.69 Å². The van der Waals surface area contributed by atoms with E-state index in [0.29, 0.717) is 36.0 Å². The molecule has 7 heteroatoms. The van der Waals surface area contributed by atoms with Crippen molar-refractivity contribution in [2.75, 3.05) is 32.1 Å². The van der Waals surface area contributed by atoms with Crippen molar-refractivity contribution in [3.63, 3.8) is 0 Å². The van der Waals surface area contributed by atoms with Gasteiger partial charge in [-0.3, -0.25) is 4.79 Å². The second kappa shape index (κ2) is 9.19. The Morgan fingerprint density at radius 1 is 1.57 bits per heavy atom. The maximum absolute atomic E-state index is 10.9. The normalized spacial score (nSPS) is 11.7. The fraction of sp³-hybridized carbons (Fsp3) is 0.429. The molecule has 0 saturated carbocycles. The highest BCUT2D eigenvalue weighted by Crippen LogP contribution is 2.21. The van der Waals surface area contributed by atoms with Gasteiger partial charge in [-0.15, -0.1) is 0 Å². The van der Waals surface area contributed by atoms with Gasteiger partial charge in [-0.2, -0.15) is 5.26 Å². The molecule has 0 heterocycles. The third-order valence-electron chi connectivity index (χ3n) is 2.76. The molecule has 0 aromatic heterocycles. The van der Waals surface area contributed by atoms with Crippen LogP contribution >= 0.6 is 11.6 Å². The monoisotopic (exact) mass is 311 g/mol. The molecule has 1 aromatic rings. The zero-order valence-corrected chi connectivity index (χ0v) is 12.5. The summed E-state index contributed by atoms with van der Waals surface area (Å²) in [6.07, 6.45) is -0.0302. The van der Waals surface area contributed by atoms with Crippen LogP contribution in [0.2, 0.25) is 5.02 Å². The number of nitriles is 1. The summed E-state index contributed by atoms with van der Waals surface area (Å²) in [7, 11) is 1.60. The van der Waals surface area contributed by atoms with Gasteiger partial charge in [0.25, 0.3) is 0 Å². The van der Waals surface area contributed by atoms with Crippen LogP contribution < -0.4 is 10.6 Å². The Kier molecular flexibility index (Phi) is 7.54. The number of carboxylic acid groups (broad SMARTS) is 1. The predicted octanol–water partition coefficient (Wildman–Crippen LogP) is 1.70. The number of benzene rings is 1. The first kappa shape index (κ1) is 17.2. The maximum Gasteiger partial charge on any atom is 0.305 e. The van der Waals surface area contributed by atoms with Crippen LogP contribution in [-0.4, -0.2) is 43.9 Å². The van der Waals surface area contributed by atoms with Gasteiger partial charge in [0.2, 0.25) is 0 Å². The average Bonchev–Trinajstić information content (AvgIpc) is 2.43. The molecule has 0 aliphatic carbocycles. The lowest BCUT2D eigenvalue weighted by Gasteiger charge is -2.19. The minimum atomic E-state index is -0.888. The summed E-state index contributed by atoms with van der Waals surface area (Å²) in [6, 6.07) is 6.60. The predicted molar refractivity (Wildman–Crippen MR) is 80.6 cm³/mol. The Labute approximate surface area is 128 Å². The van der Waals surface area contributed by atoms with Gasteiger partial charge in [-0.05, 0) is 18.2 Å². The quantitative estimate of drug-likeness (QED) is 0.601. The molecule has 1 aromatic carbocycles. The van der Waals surface area contributed by atoms with E-state index >= 15 is 0 Å². The van der Waals surface area contributed by atoms with E-state index < -0.39 is 5.97 Å². The molecule has 0 spiro atoms. The Balaban J connectivity index is 2.64. The van der Waals surface area contributed by atoms with Crippen LogP contribution in [-0.2, 0) is 9.53 Å². The van der Waals surface area contributed by atoms with Crippen LogP contribution in [0.25, 0.3) is 0 Å². The van der Waals surface area contributed by atoms with Crippen LogP contribution in [0.3, 0.4) is 0 Å². The molecule has 0 bridgehead atoms. The Bertz CT molecular complexity index is 517. The Morgan fingerprint density at radius 2 is 2.33 bits per heavy atom. The van der Waals surface area contributed by atoms with E-state index in [9.17, 15) is 4.79 Å². The molecular formula is C14H18ClN3O3. The molecule has 114 valence electrons. The number of nitrogens with one attached hydrogen (secondary N) is 2. The molecule has 0 amide bonds. The van der Waals surface area contributed by atoms with E-state index in [-0.39, 0.29) is 12.5 Å². The van der Waals surface area contributed by atoms with E-state index in [2.05, 4.69) is 10.6 Å². The number of anilines is 1. The molecule has 6 nitrogen and oxygen atoms in total. The highest BCUT2D eigenvalue weighted by Gasteiger charge is 2.13. The lowest BCUT2D eigenvalue weighted by molar-refractivity contribution is -0.137. The van der Waals surface area contributed by atoms with Gasteiger partial charge in [-0.25, -0.2) is 0 Å². The van der Waals surface area contributed by atoms with Crippen molar-refractivity contribution >= 4 is 23.3 Å². The Morgan fingerprint density at radius 3 is 2.90 bits per heavy atom. The molecule has 1 atom stereocenters. The summed E-state index contributed by atoms with van der Waals surface area (Å²) < 4.78 is 4.92. The summed E-state index contributed by atoms with van der Waals surface area (Å²) >= 11 is 5.95. The first-order valence-electron chi connectivity index (χ1n) is 6.44. The van der Waals surface area contributed by atoms with Crippen molar-refractivity contribution in [2.24, 2.45) is 0 Å². The van der Waals surface area contributed by atoms with Crippen LogP contribution in [0, 0.1) is 11.3 Å². The van der Waals surface area contributed by atoms with Crippen molar-refractivity contribution < 1.29 is 14.6 Å². The van der Waals surface area contributed by atoms with Gasteiger partial charge >= 0.3 is 5.97 Å². The van der Waals surface area contributed by atoms with Crippen LogP contribution in [0.15, 0.2) is 18.2 Å². The van der Waals surface area contributed by atoms with E-state index in [1.165, 1.54) is 0 Å². The van der Waals surface area contributed by atoms with Crippen LogP contribution in [0.5, 0.6) is 0 Å². The van der Waals surface area contributed by atoms with E-state index in [4.69, 9.17) is 26.7 Å². The number of halogens is 1. The van der Waals surface area contributed by atoms with E-state index in [1.807, 2.05) is 6.07 Å². The van der Waals surface area contributed by atoms with Gasteiger partial charge in [0, 0.05) is 31.9 Å². The van der Waals surface area contributed by atoms with Crippen molar-refractivity contribution in [1.82, 2.24) is 5.32 Å². The van der Waals surface area contributed by atoms with Gasteiger partial charge in [0.05, 0.1) is 23.6 Å². The molecule has 3 N–H and O–H groups in total. The maximum atomic E-state index is 10.9. The smallest absolute Gasteiger partial charge is 0.305 e. The molecule has 0 saturated heterocycles. The average molecular weight is 312 g/mol. The van der Waals surface area contributed by atoms with Gasteiger partial charge < -0.3 is 20.5 Å². The molecule has 21 heavy (non-hydrogen) atoms.